The van der Waals surface area contributed by atoms with E-state index in [9.17, 15) is 18.0 Å². The van der Waals surface area contributed by atoms with E-state index in [1.165, 1.54) is 18.2 Å². The van der Waals surface area contributed by atoms with Gasteiger partial charge in [-0.05, 0) is 67.4 Å². The van der Waals surface area contributed by atoms with Crippen molar-refractivity contribution in [3.05, 3.63) is 63.9 Å². The SMILES string of the molecule is Cn1c(SCCCN2CCC3(CC3c3ccc(C(F)(F)F)cc3)C2)nnc1-c1cccc(=O)[nH]1. The molecule has 0 amide bonds. The van der Waals surface area contributed by atoms with E-state index in [0.29, 0.717) is 17.4 Å². The largest absolute Gasteiger partial charge is 0.416 e. The van der Waals surface area contributed by atoms with Crippen molar-refractivity contribution in [1.82, 2.24) is 24.6 Å². The first kappa shape index (κ1) is 23.2. The average molecular weight is 490 g/mol. The summed E-state index contributed by atoms with van der Waals surface area (Å²) in [6, 6.07) is 10.7. The van der Waals surface area contributed by atoms with Gasteiger partial charge in [0.25, 0.3) is 0 Å². The first-order valence-corrected chi connectivity index (χ1v) is 12.4. The molecule has 2 fully saturated rings. The van der Waals surface area contributed by atoms with E-state index in [0.717, 1.165) is 55.4 Å². The number of rotatable bonds is 7. The van der Waals surface area contributed by atoms with Crippen molar-refractivity contribution in [2.24, 2.45) is 12.5 Å². The molecule has 1 spiro atoms. The molecule has 2 aliphatic rings. The minimum atomic E-state index is -4.28. The predicted octanol–water partition coefficient (Wildman–Crippen LogP) is 4.55. The molecular formula is C24H26F3N5OS. The minimum Gasteiger partial charge on any atom is -0.319 e. The Labute approximate surface area is 199 Å². The van der Waals surface area contributed by atoms with Crippen molar-refractivity contribution >= 4 is 11.8 Å². The van der Waals surface area contributed by atoms with Crippen LogP contribution in [0.4, 0.5) is 13.2 Å². The Morgan fingerprint density at radius 2 is 1.97 bits per heavy atom. The highest BCUT2D eigenvalue weighted by Crippen LogP contribution is 2.64. The molecule has 6 nitrogen and oxygen atoms in total. The minimum absolute atomic E-state index is 0.172. The van der Waals surface area contributed by atoms with E-state index in [-0.39, 0.29) is 11.0 Å². The molecule has 1 aliphatic heterocycles. The van der Waals surface area contributed by atoms with E-state index in [1.54, 1.807) is 36.0 Å². The molecule has 5 rings (SSSR count). The van der Waals surface area contributed by atoms with Crippen LogP contribution in [0.15, 0.2) is 52.4 Å². The van der Waals surface area contributed by atoms with Crippen molar-refractivity contribution in [1.29, 1.82) is 0 Å². The maximum absolute atomic E-state index is 12.8. The molecule has 1 N–H and O–H groups in total. The van der Waals surface area contributed by atoms with E-state index >= 15 is 0 Å². The highest BCUT2D eigenvalue weighted by atomic mass is 32.2. The molecule has 0 radical (unpaired) electrons. The standard InChI is InChI=1S/C24H26F3N5OS/c1-31-21(19-4-2-5-20(33)28-19)29-30-22(31)34-13-3-11-32-12-10-23(15-32)14-18(23)16-6-8-17(9-7-16)24(25,26)27/h2,4-9,18H,3,10-15H2,1H3,(H,28,33). The Bertz CT molecular complexity index is 1220. The third-order valence-corrected chi connectivity index (χ3v) is 8.10. The van der Waals surface area contributed by atoms with Gasteiger partial charge in [0.1, 0.15) is 0 Å². The van der Waals surface area contributed by atoms with Crippen LogP contribution in [0.25, 0.3) is 11.5 Å². The maximum atomic E-state index is 12.8. The summed E-state index contributed by atoms with van der Waals surface area (Å²) in [4.78, 5) is 16.8. The zero-order valence-corrected chi connectivity index (χ0v) is 19.6. The third kappa shape index (κ3) is 4.65. The molecule has 2 atom stereocenters. The van der Waals surface area contributed by atoms with Crippen LogP contribution in [0.3, 0.4) is 0 Å². The fraction of sp³-hybridized carbons (Fsp3) is 0.458. The van der Waals surface area contributed by atoms with Crippen LogP contribution in [-0.2, 0) is 13.2 Å². The van der Waals surface area contributed by atoms with Crippen LogP contribution in [0.2, 0.25) is 0 Å². The molecule has 180 valence electrons. The second-order valence-electron chi connectivity index (χ2n) is 9.26. The second-order valence-corrected chi connectivity index (χ2v) is 10.3. The number of hydrogen-bond donors (Lipinski definition) is 1. The number of H-pyrrole nitrogens is 1. The summed E-state index contributed by atoms with van der Waals surface area (Å²) < 4.78 is 40.4. The molecule has 1 aromatic carbocycles. The molecule has 34 heavy (non-hydrogen) atoms. The number of likely N-dealkylation sites (tertiary alicyclic amines) is 1. The number of aromatic nitrogens is 4. The van der Waals surface area contributed by atoms with Crippen LogP contribution >= 0.6 is 11.8 Å². The van der Waals surface area contributed by atoms with Crippen LogP contribution in [0.5, 0.6) is 0 Å². The molecule has 1 saturated heterocycles. The van der Waals surface area contributed by atoms with E-state index in [4.69, 9.17) is 0 Å². The first-order chi connectivity index (χ1) is 16.2. The molecule has 10 heteroatoms. The zero-order chi connectivity index (χ0) is 23.9. The highest BCUT2D eigenvalue weighted by molar-refractivity contribution is 7.99. The highest BCUT2D eigenvalue weighted by Gasteiger charge is 2.57. The number of pyridine rings is 1. The number of thioether (sulfide) groups is 1. The van der Waals surface area contributed by atoms with E-state index < -0.39 is 11.7 Å². The van der Waals surface area contributed by atoms with Crippen molar-refractivity contribution in [2.75, 3.05) is 25.4 Å². The van der Waals surface area contributed by atoms with Gasteiger partial charge in [-0.25, -0.2) is 0 Å². The van der Waals surface area contributed by atoms with Gasteiger partial charge in [0.15, 0.2) is 11.0 Å². The summed E-state index contributed by atoms with van der Waals surface area (Å²) in [5.41, 5.74) is 1.16. The Morgan fingerprint density at radius 1 is 1.18 bits per heavy atom. The Balaban J connectivity index is 1.09. The quantitative estimate of drug-likeness (QED) is 0.390. The molecule has 1 saturated carbocycles. The van der Waals surface area contributed by atoms with Crippen molar-refractivity contribution in [2.45, 2.75) is 36.5 Å². The molecule has 1 aliphatic carbocycles. The van der Waals surface area contributed by atoms with E-state index in [1.807, 2.05) is 11.6 Å². The Morgan fingerprint density at radius 3 is 2.71 bits per heavy atom. The lowest BCUT2D eigenvalue weighted by Crippen LogP contribution is -2.23. The summed E-state index contributed by atoms with van der Waals surface area (Å²) in [5.74, 6) is 1.91. The van der Waals surface area contributed by atoms with Gasteiger partial charge in [0, 0.05) is 25.4 Å². The van der Waals surface area contributed by atoms with Gasteiger partial charge in [0.05, 0.1) is 11.3 Å². The van der Waals surface area contributed by atoms with Gasteiger partial charge in [0.2, 0.25) is 5.56 Å². The number of alkyl halides is 3. The zero-order valence-electron chi connectivity index (χ0n) is 18.8. The van der Waals surface area contributed by atoms with Crippen LogP contribution in [0.1, 0.15) is 36.3 Å². The molecule has 2 aromatic heterocycles. The Hall–Kier alpha value is -2.59. The van der Waals surface area contributed by atoms with Crippen molar-refractivity contribution in [3.8, 4) is 11.5 Å². The first-order valence-electron chi connectivity index (χ1n) is 11.4. The number of halogens is 3. The summed E-state index contributed by atoms with van der Waals surface area (Å²) >= 11 is 1.65. The molecule has 2 unspecified atom stereocenters. The summed E-state index contributed by atoms with van der Waals surface area (Å²) in [6.45, 7) is 3.04. The fourth-order valence-electron chi connectivity index (χ4n) is 5.05. The normalized spacial score (nSPS) is 22.5. The smallest absolute Gasteiger partial charge is 0.319 e. The molecule has 3 aromatic rings. The number of benzene rings is 1. The Kier molecular flexibility index (Phi) is 6.05. The second kappa shape index (κ2) is 8.88. The fourth-order valence-corrected chi connectivity index (χ4v) is 5.89. The van der Waals surface area contributed by atoms with Crippen LogP contribution in [-0.4, -0.2) is 50.0 Å². The van der Waals surface area contributed by atoms with Gasteiger partial charge in [-0.2, -0.15) is 13.2 Å². The lowest BCUT2D eigenvalue weighted by molar-refractivity contribution is -0.137. The lowest BCUT2D eigenvalue weighted by atomic mass is 9.97. The number of nitrogens with zero attached hydrogens (tertiary/aromatic N) is 4. The third-order valence-electron chi connectivity index (χ3n) is 6.99. The number of aromatic amines is 1. The van der Waals surface area contributed by atoms with Gasteiger partial charge in [-0.15, -0.1) is 10.2 Å². The predicted molar refractivity (Wildman–Crippen MR) is 125 cm³/mol. The number of hydrogen-bond acceptors (Lipinski definition) is 5. The summed E-state index contributed by atoms with van der Waals surface area (Å²) in [7, 11) is 1.89. The summed E-state index contributed by atoms with van der Waals surface area (Å²) in [6.07, 6.45) is -1.11. The topological polar surface area (TPSA) is 66.8 Å². The van der Waals surface area contributed by atoms with Gasteiger partial charge in [-0.1, -0.05) is 30.0 Å². The lowest BCUT2D eigenvalue weighted by Gasteiger charge is -2.16. The van der Waals surface area contributed by atoms with Crippen LogP contribution in [0, 0.1) is 5.41 Å². The maximum Gasteiger partial charge on any atom is 0.416 e. The average Bonchev–Trinajstić information content (AvgIpc) is 3.14. The monoisotopic (exact) mass is 489 g/mol. The van der Waals surface area contributed by atoms with Crippen molar-refractivity contribution < 1.29 is 13.2 Å². The van der Waals surface area contributed by atoms with Crippen LogP contribution < -0.4 is 5.56 Å². The van der Waals surface area contributed by atoms with E-state index in [2.05, 4.69) is 20.1 Å². The van der Waals surface area contributed by atoms with Gasteiger partial charge in [-0.3, -0.25) is 4.79 Å². The molecular weight excluding hydrogens is 463 g/mol. The van der Waals surface area contributed by atoms with Gasteiger partial charge >= 0.3 is 6.18 Å². The molecule has 3 heterocycles. The number of nitrogens with one attached hydrogen (secondary N) is 1. The van der Waals surface area contributed by atoms with Gasteiger partial charge < -0.3 is 14.5 Å². The summed E-state index contributed by atoms with van der Waals surface area (Å²) in [5, 5.41) is 9.28. The molecule has 0 bridgehead atoms. The van der Waals surface area contributed by atoms with Crippen molar-refractivity contribution in [3.63, 3.8) is 0 Å².